The van der Waals surface area contributed by atoms with Crippen molar-refractivity contribution in [2.75, 3.05) is 0 Å². The number of hydrogen-bond acceptors (Lipinski definition) is 3. The smallest absolute Gasteiger partial charge is 0.212 e. The topological polar surface area (TPSA) is 17.1 Å². The fraction of sp³-hybridized carbons (Fsp3) is 0.250. The van der Waals surface area contributed by atoms with Crippen molar-refractivity contribution in [1.29, 1.82) is 0 Å². The Morgan fingerprint density at radius 2 is 2.06 bits per heavy atom. The lowest BCUT2D eigenvalue weighted by atomic mass is 10.2. The van der Waals surface area contributed by atoms with Gasteiger partial charge in [-0.05, 0) is 53.0 Å². The molecule has 0 saturated heterocycles. The van der Waals surface area contributed by atoms with Gasteiger partial charge in [-0.15, -0.1) is 22.7 Å². The van der Waals surface area contributed by atoms with Crippen LogP contribution in [0.5, 0.6) is 0 Å². The predicted molar refractivity (Wildman–Crippen MR) is 73.9 cm³/mol. The average molecular weight is 315 g/mol. The molecule has 0 radical (unpaired) electrons. The summed E-state index contributed by atoms with van der Waals surface area (Å²) in [6.07, 6.45) is 0.991. The number of halogens is 1. The van der Waals surface area contributed by atoms with Crippen LogP contribution in [0, 0.1) is 6.92 Å². The monoisotopic (exact) mass is 314 g/mol. The van der Waals surface area contributed by atoms with Gasteiger partial charge in [-0.25, -0.2) is 0 Å². The predicted octanol–water partition coefficient (Wildman–Crippen LogP) is 4.67. The van der Waals surface area contributed by atoms with E-state index in [4.69, 9.17) is 0 Å². The third-order valence-electron chi connectivity index (χ3n) is 2.31. The highest BCUT2D eigenvalue weighted by Gasteiger charge is 2.15. The first kappa shape index (κ1) is 12.0. The third kappa shape index (κ3) is 2.29. The molecule has 0 unspecified atom stereocenters. The van der Waals surface area contributed by atoms with Gasteiger partial charge in [0, 0.05) is 4.88 Å². The van der Waals surface area contributed by atoms with Crippen LogP contribution in [-0.4, -0.2) is 5.78 Å². The van der Waals surface area contributed by atoms with Gasteiger partial charge in [0.2, 0.25) is 5.78 Å². The van der Waals surface area contributed by atoms with Crippen molar-refractivity contribution in [3.63, 3.8) is 0 Å². The normalized spacial score (nSPS) is 10.7. The third-order valence-corrected chi connectivity index (χ3v) is 5.68. The summed E-state index contributed by atoms with van der Waals surface area (Å²) in [6, 6.07) is 5.91. The molecule has 0 atom stereocenters. The zero-order valence-corrected chi connectivity index (χ0v) is 12.3. The Labute approximate surface area is 111 Å². The Hall–Kier alpha value is -0.450. The summed E-state index contributed by atoms with van der Waals surface area (Å²) in [6.45, 7) is 4.11. The second kappa shape index (κ2) is 4.82. The molecule has 16 heavy (non-hydrogen) atoms. The van der Waals surface area contributed by atoms with E-state index in [-0.39, 0.29) is 5.78 Å². The molecule has 1 nitrogen and oxygen atoms in total. The summed E-state index contributed by atoms with van der Waals surface area (Å²) in [5, 5.41) is 0. The average Bonchev–Trinajstić information content (AvgIpc) is 2.86. The van der Waals surface area contributed by atoms with E-state index in [2.05, 4.69) is 22.9 Å². The van der Waals surface area contributed by atoms with Crippen LogP contribution < -0.4 is 0 Å². The Kier molecular flexibility index (Phi) is 3.62. The molecule has 0 N–H and O–H groups in total. The second-order valence-corrected chi connectivity index (χ2v) is 7.05. The highest BCUT2D eigenvalue weighted by molar-refractivity contribution is 9.11. The van der Waals surface area contributed by atoms with Crippen molar-refractivity contribution in [3.05, 3.63) is 42.2 Å². The molecule has 0 amide bonds. The van der Waals surface area contributed by atoms with Crippen molar-refractivity contribution >= 4 is 44.4 Å². The molecule has 0 fully saturated rings. The number of carbonyl (C=O) groups excluding carboxylic acids is 1. The molecule has 0 aromatic carbocycles. The molecule has 0 aliphatic heterocycles. The van der Waals surface area contributed by atoms with E-state index in [0.717, 1.165) is 25.5 Å². The van der Waals surface area contributed by atoms with Crippen molar-refractivity contribution in [1.82, 2.24) is 0 Å². The van der Waals surface area contributed by atoms with Gasteiger partial charge >= 0.3 is 0 Å². The number of hydrogen-bond donors (Lipinski definition) is 0. The fourth-order valence-electron chi connectivity index (χ4n) is 1.38. The lowest BCUT2D eigenvalue weighted by Crippen LogP contribution is -1.94. The summed E-state index contributed by atoms with van der Waals surface area (Å²) >= 11 is 6.55. The summed E-state index contributed by atoms with van der Waals surface area (Å²) in [5.74, 6) is 0.142. The lowest BCUT2D eigenvalue weighted by Gasteiger charge is -1.91. The fourth-order valence-corrected chi connectivity index (χ4v) is 3.84. The molecule has 2 heterocycles. The van der Waals surface area contributed by atoms with Crippen molar-refractivity contribution in [2.24, 2.45) is 0 Å². The molecular formula is C12H11BrOS2. The molecule has 2 aromatic heterocycles. The Bertz CT molecular complexity index is 505. The van der Waals surface area contributed by atoms with Crippen molar-refractivity contribution in [3.8, 4) is 0 Å². The van der Waals surface area contributed by atoms with Crippen molar-refractivity contribution in [2.45, 2.75) is 20.3 Å². The maximum absolute atomic E-state index is 12.1. The van der Waals surface area contributed by atoms with Gasteiger partial charge in [0.25, 0.3) is 0 Å². The van der Waals surface area contributed by atoms with E-state index < -0.39 is 0 Å². The summed E-state index contributed by atoms with van der Waals surface area (Å²) in [5.41, 5.74) is 1.13. The Morgan fingerprint density at radius 3 is 2.56 bits per heavy atom. The maximum Gasteiger partial charge on any atom is 0.212 e. The molecule has 0 aliphatic rings. The number of carbonyl (C=O) groups is 1. The Morgan fingerprint density at radius 1 is 1.31 bits per heavy atom. The molecule has 2 rings (SSSR count). The summed E-state index contributed by atoms with van der Waals surface area (Å²) in [7, 11) is 0. The molecule has 0 saturated carbocycles. The molecule has 0 aliphatic carbocycles. The quantitative estimate of drug-likeness (QED) is 0.752. The van der Waals surface area contributed by atoms with Crippen LogP contribution in [0.25, 0.3) is 0 Å². The minimum absolute atomic E-state index is 0.142. The number of ketones is 1. The zero-order chi connectivity index (χ0) is 11.7. The van der Waals surface area contributed by atoms with Gasteiger partial charge in [-0.3, -0.25) is 4.79 Å². The Balaban J connectivity index is 2.31. The molecular weight excluding hydrogens is 304 g/mol. The molecule has 4 heteroatoms. The zero-order valence-electron chi connectivity index (χ0n) is 9.04. The van der Waals surface area contributed by atoms with Crippen molar-refractivity contribution < 1.29 is 4.79 Å². The van der Waals surface area contributed by atoms with Gasteiger partial charge < -0.3 is 0 Å². The number of aryl methyl sites for hydroxylation is 2. The first-order valence-electron chi connectivity index (χ1n) is 5.01. The largest absolute Gasteiger partial charge is 0.287 e. The van der Waals surface area contributed by atoms with Gasteiger partial charge in [-0.2, -0.15) is 0 Å². The SMILES string of the molecule is CCc1ccc(C(=O)c2cc(C)c(Br)s2)s1. The van der Waals surface area contributed by atoms with Gasteiger partial charge in [-0.1, -0.05) is 6.92 Å². The van der Waals surface area contributed by atoms with E-state index in [9.17, 15) is 4.79 Å². The summed E-state index contributed by atoms with van der Waals surface area (Å²) < 4.78 is 1.04. The maximum atomic E-state index is 12.1. The standard InChI is InChI=1S/C12H11BrOS2/c1-3-8-4-5-9(15-8)11(14)10-6-7(2)12(13)16-10/h4-6H,3H2,1-2H3. The van der Waals surface area contributed by atoms with E-state index in [1.807, 2.05) is 25.1 Å². The highest BCUT2D eigenvalue weighted by Crippen LogP contribution is 2.30. The van der Waals surface area contributed by atoms with Crippen LogP contribution in [0.2, 0.25) is 0 Å². The molecule has 84 valence electrons. The minimum atomic E-state index is 0.142. The van der Waals surface area contributed by atoms with Gasteiger partial charge in [0.1, 0.15) is 0 Å². The highest BCUT2D eigenvalue weighted by atomic mass is 79.9. The van der Waals surface area contributed by atoms with Crippen LogP contribution >= 0.6 is 38.6 Å². The van der Waals surface area contributed by atoms with Crippen LogP contribution in [0.1, 0.15) is 31.9 Å². The van der Waals surface area contributed by atoms with Crippen LogP contribution in [-0.2, 0) is 6.42 Å². The van der Waals surface area contributed by atoms with Crippen LogP contribution in [0.4, 0.5) is 0 Å². The van der Waals surface area contributed by atoms with Crippen LogP contribution in [0.3, 0.4) is 0 Å². The molecule has 0 spiro atoms. The first-order chi connectivity index (χ1) is 7.61. The van der Waals surface area contributed by atoms with Gasteiger partial charge in [0.05, 0.1) is 13.5 Å². The molecule has 0 bridgehead atoms. The van der Waals surface area contributed by atoms with Crippen LogP contribution in [0.15, 0.2) is 22.0 Å². The minimum Gasteiger partial charge on any atom is -0.287 e. The van der Waals surface area contributed by atoms with E-state index >= 15 is 0 Å². The van der Waals surface area contributed by atoms with Gasteiger partial charge in [0.15, 0.2) is 0 Å². The summed E-state index contributed by atoms with van der Waals surface area (Å²) in [4.78, 5) is 15.1. The molecule has 2 aromatic rings. The lowest BCUT2D eigenvalue weighted by molar-refractivity contribution is 0.104. The second-order valence-electron chi connectivity index (χ2n) is 3.52. The number of rotatable bonds is 3. The van der Waals surface area contributed by atoms with E-state index in [0.29, 0.717) is 0 Å². The van der Waals surface area contributed by atoms with E-state index in [1.165, 1.54) is 16.2 Å². The van der Waals surface area contributed by atoms with E-state index in [1.54, 1.807) is 11.3 Å². The first-order valence-corrected chi connectivity index (χ1v) is 7.43. The number of thiophene rings is 2.